The molecule has 443 valence electrons. The van der Waals surface area contributed by atoms with E-state index in [1.807, 2.05) is 6.07 Å². The van der Waals surface area contributed by atoms with E-state index in [2.05, 4.69) is 277 Å². The predicted molar refractivity (Wildman–Crippen MR) is 415 cm³/mol. The smallest absolute Gasteiger partial charge is 0.291 e. The van der Waals surface area contributed by atoms with Crippen molar-refractivity contribution in [3.05, 3.63) is 218 Å². The number of terminal acetylenes is 1. The molecule has 4 nitrogen and oxygen atoms in total. The summed E-state index contributed by atoms with van der Waals surface area (Å²) in [5, 5.41) is 3.81. The first-order valence-electron chi connectivity index (χ1n) is 32.4. The molecule has 2 heterocycles. The van der Waals surface area contributed by atoms with Crippen molar-refractivity contribution in [1.29, 1.82) is 0 Å². The van der Waals surface area contributed by atoms with E-state index in [0.29, 0.717) is 17.1 Å². The van der Waals surface area contributed by atoms with Gasteiger partial charge in [-0.3, -0.25) is 0 Å². The van der Waals surface area contributed by atoms with Gasteiger partial charge in [0.15, 0.2) is 0 Å². The van der Waals surface area contributed by atoms with Crippen LogP contribution in [0.25, 0.3) is 22.3 Å². The molecule has 3 aliphatic rings. The van der Waals surface area contributed by atoms with E-state index in [1.165, 1.54) is 61.2 Å². The standard InChI is InChI=1S/C80H73B10N4/c1-17-57(81)70(84)72(86)59(83)42-91-62-41-64-61(40-65(62)94(66-39-58(82)71(85)74(88)73(66)87)89-75-45(4)31-49(32-46(75)5)78(9,10)11)90-60-30-27-48(77(6,7)8)35-63(60)93(52-33-43(2)69(44(3)34-52)47-23-19-18-20-24-47)68-37-50(79(12,13)14)36-67(76(68)90)92(64)51-28-29-54-53-25-21-22-26-55(53)80(15,16)56(54)38-51/h1,18-41,91H,42H2,2-16H3/b70-57-,72-59-. The first-order chi connectivity index (χ1) is 44.2. The number of nitrogens with zero attached hydrogens (tertiary/aromatic N) is 3. The van der Waals surface area contributed by atoms with Gasteiger partial charge < -0.3 is 19.9 Å². The van der Waals surface area contributed by atoms with E-state index < -0.39 is 0 Å². The molecule has 14 heteroatoms. The first kappa shape index (κ1) is 65.9. The number of fused-ring (bicyclic) bond motifs is 7. The van der Waals surface area contributed by atoms with Crippen molar-refractivity contribution < 1.29 is 0 Å². The molecule has 1 N–H and O–H groups in total. The Morgan fingerprint density at radius 1 is 0.543 bits per heavy atom. The summed E-state index contributed by atoms with van der Waals surface area (Å²) in [6.07, 6.45) is 5.77. The SMILES string of the molecule is [B]/C(C#C)=C([B])/C([B])=C(/[B])CNc1cc2c(cc1N([B]c1c(C)cc(C(C)(C)C)cc1C)c1cc([B])c([B])c([B])c1[B])B1c3ccc(C(C)(C)C)cc3N(c3cc(C)c(-c4ccccc4)c(C)c3)c3cc(C(C)(C)C)cc(c31)N2c1ccc2c(c1)C(C)(C)c1ccccc1-2. The van der Waals surface area contributed by atoms with Crippen LogP contribution in [0.4, 0.5) is 51.2 Å². The van der Waals surface area contributed by atoms with Gasteiger partial charge >= 0.3 is 0 Å². The topological polar surface area (TPSA) is 21.8 Å². The third kappa shape index (κ3) is 11.3. The minimum atomic E-state index is -0.355. The third-order valence-corrected chi connectivity index (χ3v) is 19.8. The molecule has 17 radical (unpaired) electrons. The van der Waals surface area contributed by atoms with E-state index in [-0.39, 0.29) is 78.7 Å². The maximum Gasteiger partial charge on any atom is 0.291 e. The van der Waals surface area contributed by atoms with Crippen molar-refractivity contribution in [3.8, 4) is 34.6 Å². The van der Waals surface area contributed by atoms with Crippen molar-refractivity contribution in [1.82, 2.24) is 0 Å². The van der Waals surface area contributed by atoms with Gasteiger partial charge in [0.1, 0.15) is 62.8 Å². The van der Waals surface area contributed by atoms with Crippen LogP contribution in [0, 0.1) is 40.0 Å². The van der Waals surface area contributed by atoms with Gasteiger partial charge in [-0.25, -0.2) is 0 Å². The maximum absolute atomic E-state index is 7.32. The van der Waals surface area contributed by atoms with Crippen LogP contribution in [0.15, 0.2) is 167 Å². The zero-order valence-electron chi connectivity index (χ0n) is 57.3. The van der Waals surface area contributed by atoms with Crippen molar-refractivity contribution in [2.75, 3.05) is 26.5 Å². The van der Waals surface area contributed by atoms with Crippen LogP contribution in [0.3, 0.4) is 0 Å². The number of allylic oxidation sites excluding steroid dienone is 3. The zero-order valence-corrected chi connectivity index (χ0v) is 57.3. The average Bonchev–Trinajstić information content (AvgIpc) is 0.726. The summed E-state index contributed by atoms with van der Waals surface area (Å²) in [6.45, 7) is 33.6. The Balaban J connectivity index is 1.23. The molecular formula is C80H73B10N4. The Bertz CT molecular complexity index is 4700. The fraction of sp³-hybridized carbons (Fsp3) is 0.250. The molecule has 9 aromatic carbocycles. The second kappa shape index (κ2) is 24.0. The molecule has 0 bridgehead atoms. The lowest BCUT2D eigenvalue weighted by atomic mass is 9.33. The van der Waals surface area contributed by atoms with E-state index in [0.717, 1.165) is 67.1 Å². The largest absolute Gasteiger partial charge is 0.384 e. The number of anilines is 9. The molecule has 12 rings (SSSR count). The highest BCUT2D eigenvalue weighted by atomic mass is 15.2. The van der Waals surface area contributed by atoms with Crippen LogP contribution in [0.1, 0.15) is 126 Å². The highest BCUT2D eigenvalue weighted by molar-refractivity contribution is 7.00. The lowest BCUT2D eigenvalue weighted by Gasteiger charge is -2.46. The molecule has 0 atom stereocenters. The van der Waals surface area contributed by atoms with E-state index in [9.17, 15) is 0 Å². The number of aryl methyl sites for hydroxylation is 4. The second-order valence-electron chi connectivity index (χ2n) is 29.7. The van der Waals surface area contributed by atoms with Crippen LogP contribution in [-0.2, 0) is 21.7 Å². The molecule has 2 aliphatic heterocycles. The van der Waals surface area contributed by atoms with E-state index in [1.54, 1.807) is 0 Å². The van der Waals surface area contributed by atoms with Crippen molar-refractivity contribution >= 4 is 172 Å². The Morgan fingerprint density at radius 3 is 1.72 bits per heavy atom. The highest BCUT2D eigenvalue weighted by Crippen LogP contribution is 2.53. The molecule has 94 heavy (non-hydrogen) atoms. The molecule has 0 saturated heterocycles. The quantitative estimate of drug-likeness (QED) is 0.0791. The van der Waals surface area contributed by atoms with Gasteiger partial charge in [-0.2, -0.15) is 0 Å². The number of benzene rings is 9. The maximum atomic E-state index is 7.32. The first-order valence-corrected chi connectivity index (χ1v) is 32.4. The van der Waals surface area contributed by atoms with Crippen molar-refractivity contribution in [2.45, 2.75) is 126 Å². The van der Waals surface area contributed by atoms with Gasteiger partial charge in [-0.1, -0.05) is 195 Å². The van der Waals surface area contributed by atoms with Crippen LogP contribution >= 0.6 is 0 Å². The Hall–Kier alpha value is -8.13. The van der Waals surface area contributed by atoms with Gasteiger partial charge in [0.25, 0.3) is 14.1 Å². The van der Waals surface area contributed by atoms with E-state index >= 15 is 0 Å². The van der Waals surface area contributed by atoms with Crippen molar-refractivity contribution in [3.63, 3.8) is 0 Å². The van der Waals surface area contributed by atoms with Crippen LogP contribution < -0.4 is 63.6 Å². The molecule has 0 spiro atoms. The van der Waals surface area contributed by atoms with Gasteiger partial charge in [0.05, 0.1) is 11.4 Å². The molecule has 0 aromatic heterocycles. The minimum absolute atomic E-state index is 0.0136. The lowest BCUT2D eigenvalue weighted by Crippen LogP contribution is -2.61. The monoisotopic (exact) mass is 1200 g/mol. The summed E-state index contributed by atoms with van der Waals surface area (Å²) in [4.78, 5) is 7.13. The van der Waals surface area contributed by atoms with Gasteiger partial charge in [0, 0.05) is 51.8 Å². The highest BCUT2D eigenvalue weighted by Gasteiger charge is 2.46. The van der Waals surface area contributed by atoms with Crippen LogP contribution in [0.2, 0.25) is 0 Å². The molecule has 0 saturated carbocycles. The third-order valence-electron chi connectivity index (χ3n) is 19.8. The summed E-state index contributed by atoms with van der Waals surface area (Å²) in [5.74, 6) is 2.42. The summed E-state index contributed by atoms with van der Waals surface area (Å²) >= 11 is 0. The molecule has 1 aliphatic carbocycles. The average molecular weight is 1200 g/mol. The van der Waals surface area contributed by atoms with Crippen LogP contribution in [0.5, 0.6) is 0 Å². The molecule has 0 fully saturated rings. The molecule has 9 aromatic rings. The van der Waals surface area contributed by atoms with Crippen molar-refractivity contribution in [2.24, 2.45) is 0 Å². The second-order valence-corrected chi connectivity index (χ2v) is 29.7. The normalized spacial score (nSPS) is 14.2. The van der Waals surface area contributed by atoms with Crippen LogP contribution in [-0.4, -0.2) is 83.4 Å². The number of nitrogens with one attached hydrogen (secondary N) is 1. The van der Waals surface area contributed by atoms with E-state index in [4.69, 9.17) is 69.2 Å². The Morgan fingerprint density at radius 2 is 1.11 bits per heavy atom. The lowest BCUT2D eigenvalue weighted by molar-refractivity contribution is 0.589. The summed E-state index contributed by atoms with van der Waals surface area (Å²) in [6, 6.07) is 54.2. The Labute approximate surface area is 572 Å². The zero-order chi connectivity index (χ0) is 67.7. The predicted octanol–water partition coefficient (Wildman–Crippen LogP) is 11.3. The fourth-order valence-corrected chi connectivity index (χ4v) is 14.4. The minimum Gasteiger partial charge on any atom is -0.384 e. The Kier molecular flexibility index (Phi) is 16.8. The summed E-state index contributed by atoms with van der Waals surface area (Å²) in [7, 11) is 56.5. The summed E-state index contributed by atoms with van der Waals surface area (Å²) in [5.41, 5.74) is 28.1. The van der Waals surface area contributed by atoms with Gasteiger partial charge in [0.2, 0.25) is 0 Å². The summed E-state index contributed by atoms with van der Waals surface area (Å²) < 4.78 is 0. The number of rotatable bonds is 11. The fourth-order valence-electron chi connectivity index (χ4n) is 14.4. The molecular weight excluding hydrogens is 1130 g/mol. The van der Waals surface area contributed by atoms with Gasteiger partial charge in [-0.15, -0.1) is 39.2 Å². The number of hydrogen-bond donors (Lipinski definition) is 1. The van der Waals surface area contributed by atoms with Gasteiger partial charge in [-0.05, 0) is 182 Å². The molecule has 0 unspecified atom stereocenters. The number of hydrogen-bond acceptors (Lipinski definition) is 4. The molecule has 0 amide bonds.